The summed E-state index contributed by atoms with van der Waals surface area (Å²) < 4.78 is 16.4. The molecule has 32 heavy (non-hydrogen) atoms. The second-order valence-electron chi connectivity index (χ2n) is 8.00. The number of nitrogens with one attached hydrogen (secondary N) is 1. The molecule has 5 heteroatoms. The standard InChI is InChI=1S/C27H29NO4/c1-30-24-13-6-5-10-22(24)11-7-12-23(27(29)28-18-20-8-3-2-4-9-20)16-21-14-15-25-26(17-21)32-19-31-25/h2-6,8-10,13-15,17,23H,7,11-12,16,18-19H2,1H3,(H,28,29). The van der Waals surface area contributed by atoms with Crippen LogP contribution in [0.25, 0.3) is 0 Å². The number of rotatable bonds is 10. The average molecular weight is 432 g/mol. The number of methoxy groups -OCH3 is 1. The van der Waals surface area contributed by atoms with Gasteiger partial charge < -0.3 is 19.5 Å². The summed E-state index contributed by atoms with van der Waals surface area (Å²) in [4.78, 5) is 13.1. The third kappa shape index (κ3) is 5.61. The molecule has 0 saturated heterocycles. The molecule has 0 bridgehead atoms. The summed E-state index contributed by atoms with van der Waals surface area (Å²) in [6, 6.07) is 24.0. The Morgan fingerprint density at radius 1 is 0.969 bits per heavy atom. The van der Waals surface area contributed by atoms with Crippen LogP contribution in [0.5, 0.6) is 17.2 Å². The first-order valence-corrected chi connectivity index (χ1v) is 11.0. The molecule has 1 unspecified atom stereocenters. The van der Waals surface area contributed by atoms with E-state index < -0.39 is 0 Å². The molecular formula is C27H29NO4. The Morgan fingerprint density at radius 2 is 1.75 bits per heavy atom. The zero-order valence-corrected chi connectivity index (χ0v) is 18.4. The summed E-state index contributed by atoms with van der Waals surface area (Å²) in [5, 5.41) is 3.12. The van der Waals surface area contributed by atoms with Crippen molar-refractivity contribution in [3.8, 4) is 17.2 Å². The van der Waals surface area contributed by atoms with Gasteiger partial charge in [0.2, 0.25) is 12.7 Å². The highest BCUT2D eigenvalue weighted by Gasteiger charge is 2.21. The summed E-state index contributed by atoms with van der Waals surface area (Å²) in [6.07, 6.45) is 3.21. The first-order chi connectivity index (χ1) is 15.7. The molecule has 1 heterocycles. The van der Waals surface area contributed by atoms with Crippen LogP contribution in [0.1, 0.15) is 29.5 Å². The van der Waals surface area contributed by atoms with Gasteiger partial charge in [-0.05, 0) is 60.6 Å². The number of para-hydroxylation sites is 1. The third-order valence-electron chi connectivity index (χ3n) is 5.79. The minimum atomic E-state index is -0.131. The lowest BCUT2D eigenvalue weighted by Crippen LogP contribution is -2.31. The van der Waals surface area contributed by atoms with Crippen molar-refractivity contribution in [2.45, 2.75) is 32.2 Å². The summed E-state index contributed by atoms with van der Waals surface area (Å²) in [5.74, 6) is 2.35. The first kappa shape index (κ1) is 21.8. The number of carbonyl (C=O) groups excluding carboxylic acids is 1. The van der Waals surface area contributed by atoms with Gasteiger partial charge in [0.05, 0.1) is 7.11 Å². The molecule has 0 radical (unpaired) electrons. The van der Waals surface area contributed by atoms with E-state index in [1.807, 2.05) is 66.7 Å². The maximum atomic E-state index is 13.1. The summed E-state index contributed by atoms with van der Waals surface area (Å²) >= 11 is 0. The van der Waals surface area contributed by atoms with Crippen LogP contribution >= 0.6 is 0 Å². The van der Waals surface area contributed by atoms with Gasteiger partial charge in [0.15, 0.2) is 11.5 Å². The highest BCUT2D eigenvalue weighted by atomic mass is 16.7. The normalized spacial score (nSPS) is 12.9. The van der Waals surface area contributed by atoms with Crippen molar-refractivity contribution >= 4 is 5.91 Å². The molecule has 0 saturated carbocycles. The van der Waals surface area contributed by atoms with Crippen LogP contribution in [0.3, 0.4) is 0 Å². The van der Waals surface area contributed by atoms with Gasteiger partial charge in [-0.1, -0.05) is 54.6 Å². The van der Waals surface area contributed by atoms with Gasteiger partial charge in [-0.15, -0.1) is 0 Å². The van der Waals surface area contributed by atoms with Gasteiger partial charge in [-0.3, -0.25) is 4.79 Å². The molecule has 3 aromatic carbocycles. The fourth-order valence-electron chi connectivity index (χ4n) is 4.06. The predicted molar refractivity (Wildman–Crippen MR) is 124 cm³/mol. The van der Waals surface area contributed by atoms with E-state index in [-0.39, 0.29) is 18.6 Å². The van der Waals surface area contributed by atoms with E-state index in [0.29, 0.717) is 13.0 Å². The van der Waals surface area contributed by atoms with Crippen molar-refractivity contribution in [1.29, 1.82) is 0 Å². The van der Waals surface area contributed by atoms with E-state index in [1.54, 1.807) is 7.11 Å². The van der Waals surface area contributed by atoms with E-state index in [1.165, 1.54) is 5.56 Å². The molecule has 166 valence electrons. The Hall–Kier alpha value is -3.47. The fourth-order valence-corrected chi connectivity index (χ4v) is 4.06. The zero-order chi connectivity index (χ0) is 22.2. The van der Waals surface area contributed by atoms with Gasteiger partial charge >= 0.3 is 0 Å². The van der Waals surface area contributed by atoms with Crippen LogP contribution in [-0.4, -0.2) is 19.8 Å². The lowest BCUT2D eigenvalue weighted by Gasteiger charge is -2.18. The van der Waals surface area contributed by atoms with Crippen LogP contribution in [0.2, 0.25) is 0 Å². The fraction of sp³-hybridized carbons (Fsp3) is 0.296. The van der Waals surface area contributed by atoms with Crippen molar-refractivity contribution in [2.75, 3.05) is 13.9 Å². The molecule has 0 aromatic heterocycles. The van der Waals surface area contributed by atoms with Crippen LogP contribution in [-0.2, 0) is 24.2 Å². The van der Waals surface area contributed by atoms with Crippen LogP contribution < -0.4 is 19.5 Å². The molecule has 1 N–H and O–H groups in total. The van der Waals surface area contributed by atoms with Crippen LogP contribution in [0.4, 0.5) is 0 Å². The number of hydrogen-bond acceptors (Lipinski definition) is 4. The Balaban J connectivity index is 1.42. The molecule has 0 aliphatic carbocycles. The maximum absolute atomic E-state index is 13.1. The van der Waals surface area contributed by atoms with Crippen molar-refractivity contribution in [3.05, 3.63) is 89.5 Å². The summed E-state index contributed by atoms with van der Waals surface area (Å²) in [6.45, 7) is 0.780. The quantitative estimate of drug-likeness (QED) is 0.495. The Labute approximate surface area is 189 Å². The average Bonchev–Trinajstić information content (AvgIpc) is 3.31. The number of aryl methyl sites for hydroxylation is 1. The highest BCUT2D eigenvalue weighted by molar-refractivity contribution is 5.79. The van der Waals surface area contributed by atoms with E-state index in [0.717, 1.165) is 47.6 Å². The second kappa shape index (κ2) is 10.7. The van der Waals surface area contributed by atoms with Crippen LogP contribution in [0, 0.1) is 5.92 Å². The van der Waals surface area contributed by atoms with E-state index in [4.69, 9.17) is 14.2 Å². The number of fused-ring (bicyclic) bond motifs is 1. The van der Waals surface area contributed by atoms with E-state index >= 15 is 0 Å². The molecule has 5 nitrogen and oxygen atoms in total. The Morgan fingerprint density at radius 3 is 2.59 bits per heavy atom. The van der Waals surface area contributed by atoms with E-state index in [2.05, 4.69) is 11.4 Å². The SMILES string of the molecule is COc1ccccc1CCCC(Cc1ccc2c(c1)OCO2)C(=O)NCc1ccccc1. The smallest absolute Gasteiger partial charge is 0.231 e. The van der Waals surface area contributed by atoms with Gasteiger partial charge in [0.25, 0.3) is 0 Å². The topological polar surface area (TPSA) is 56.8 Å². The lowest BCUT2D eigenvalue weighted by molar-refractivity contribution is -0.125. The number of amides is 1. The Kier molecular flexibility index (Phi) is 7.28. The Bertz CT molecular complexity index is 1030. The molecule has 1 aliphatic heterocycles. The first-order valence-electron chi connectivity index (χ1n) is 11.0. The molecule has 1 amide bonds. The second-order valence-corrected chi connectivity index (χ2v) is 8.00. The molecule has 0 fully saturated rings. The third-order valence-corrected chi connectivity index (χ3v) is 5.79. The lowest BCUT2D eigenvalue weighted by atomic mass is 9.92. The maximum Gasteiger partial charge on any atom is 0.231 e. The number of ether oxygens (including phenoxy) is 3. The van der Waals surface area contributed by atoms with Crippen molar-refractivity contribution in [3.63, 3.8) is 0 Å². The largest absolute Gasteiger partial charge is 0.496 e. The molecule has 1 aliphatic rings. The molecule has 4 rings (SSSR count). The van der Waals surface area contributed by atoms with Gasteiger partial charge in [0.1, 0.15) is 5.75 Å². The summed E-state index contributed by atoms with van der Waals surface area (Å²) in [5.41, 5.74) is 3.34. The van der Waals surface area contributed by atoms with Gasteiger partial charge in [-0.2, -0.15) is 0 Å². The van der Waals surface area contributed by atoms with E-state index in [9.17, 15) is 4.79 Å². The summed E-state index contributed by atoms with van der Waals surface area (Å²) in [7, 11) is 1.69. The monoisotopic (exact) mass is 431 g/mol. The molecule has 3 aromatic rings. The van der Waals surface area contributed by atoms with Gasteiger partial charge in [-0.25, -0.2) is 0 Å². The zero-order valence-electron chi connectivity index (χ0n) is 18.4. The number of carbonyl (C=O) groups is 1. The van der Waals surface area contributed by atoms with Gasteiger partial charge in [0, 0.05) is 12.5 Å². The number of hydrogen-bond donors (Lipinski definition) is 1. The van der Waals surface area contributed by atoms with Crippen molar-refractivity contribution < 1.29 is 19.0 Å². The molecule has 0 spiro atoms. The highest BCUT2D eigenvalue weighted by Crippen LogP contribution is 2.33. The molecular weight excluding hydrogens is 402 g/mol. The van der Waals surface area contributed by atoms with Crippen molar-refractivity contribution in [2.24, 2.45) is 5.92 Å². The minimum Gasteiger partial charge on any atom is -0.496 e. The van der Waals surface area contributed by atoms with Crippen molar-refractivity contribution in [1.82, 2.24) is 5.32 Å². The van der Waals surface area contributed by atoms with Crippen LogP contribution in [0.15, 0.2) is 72.8 Å². The molecule has 1 atom stereocenters. The minimum absolute atomic E-state index is 0.0755. The predicted octanol–water partition coefficient (Wildman–Crippen LogP) is 4.92. The number of benzene rings is 3.